The van der Waals surface area contributed by atoms with Crippen molar-refractivity contribution in [3.8, 4) is 17.2 Å². The first-order chi connectivity index (χ1) is 15.4. The number of carbonyl (C=O) groups excluding carboxylic acids is 2. The van der Waals surface area contributed by atoms with Gasteiger partial charge in [0, 0.05) is 43.9 Å². The fraction of sp³-hybridized carbons (Fsp3) is 0.333. The Balaban J connectivity index is 1.59. The van der Waals surface area contributed by atoms with Crippen LogP contribution in [0.3, 0.4) is 0 Å². The zero-order chi connectivity index (χ0) is 22.6. The standard InChI is InChI=1S/C24H23BrN2O5/c1-13(28)27-9-6-14-10-15(4-5-18(14)27)21(29)19-11-17-16(7-8-26(19)2)20(25)23-24(22(17)30-3)32-12-31-23/h4-5,10-11H,6-9,12H2,1-3H3. The van der Waals surface area contributed by atoms with Gasteiger partial charge in [-0.1, -0.05) is 0 Å². The number of ether oxygens (including phenoxy) is 3. The fourth-order valence-electron chi connectivity index (χ4n) is 4.63. The first kappa shape index (κ1) is 20.9. The molecule has 3 aliphatic heterocycles. The molecule has 0 aliphatic carbocycles. The van der Waals surface area contributed by atoms with Gasteiger partial charge in [-0.25, -0.2) is 0 Å². The number of halogens is 1. The molecule has 0 unspecified atom stereocenters. The van der Waals surface area contributed by atoms with Crippen LogP contribution in [0.15, 0.2) is 28.4 Å². The molecule has 0 atom stereocenters. The van der Waals surface area contributed by atoms with Gasteiger partial charge in [-0.05, 0) is 64.2 Å². The van der Waals surface area contributed by atoms with E-state index in [0.717, 1.165) is 33.3 Å². The van der Waals surface area contributed by atoms with E-state index in [-0.39, 0.29) is 18.5 Å². The molecule has 0 spiro atoms. The monoisotopic (exact) mass is 498 g/mol. The fourth-order valence-corrected chi connectivity index (χ4v) is 5.33. The second-order valence-corrected chi connectivity index (χ2v) is 8.89. The molecule has 0 radical (unpaired) electrons. The van der Waals surface area contributed by atoms with Crippen LogP contribution in [0.5, 0.6) is 17.2 Å². The molecule has 0 fully saturated rings. The summed E-state index contributed by atoms with van der Waals surface area (Å²) in [7, 11) is 3.51. The second-order valence-electron chi connectivity index (χ2n) is 8.10. The molecule has 32 heavy (non-hydrogen) atoms. The summed E-state index contributed by atoms with van der Waals surface area (Å²) in [4.78, 5) is 29.2. The Hall–Kier alpha value is -3.00. The van der Waals surface area contributed by atoms with E-state index in [1.54, 1.807) is 25.0 Å². The highest BCUT2D eigenvalue weighted by molar-refractivity contribution is 9.10. The van der Waals surface area contributed by atoms with Gasteiger partial charge >= 0.3 is 0 Å². The third-order valence-corrected chi connectivity index (χ3v) is 7.14. The Kier molecular flexibility index (Phi) is 5.12. The van der Waals surface area contributed by atoms with E-state index >= 15 is 0 Å². The molecule has 5 rings (SSSR count). The highest BCUT2D eigenvalue weighted by atomic mass is 79.9. The predicted octanol–water partition coefficient (Wildman–Crippen LogP) is 3.81. The Morgan fingerprint density at radius 3 is 2.66 bits per heavy atom. The second kappa shape index (κ2) is 7.85. The van der Waals surface area contributed by atoms with Crippen molar-refractivity contribution in [1.82, 2.24) is 4.90 Å². The maximum Gasteiger partial charge on any atom is 0.231 e. The van der Waals surface area contributed by atoms with Crippen LogP contribution in [-0.4, -0.2) is 50.6 Å². The smallest absolute Gasteiger partial charge is 0.231 e. The third kappa shape index (κ3) is 3.16. The number of likely N-dealkylation sites (N-methyl/N-ethyl adjacent to an activating group) is 1. The molecule has 1 amide bonds. The zero-order valence-electron chi connectivity index (χ0n) is 18.2. The number of amides is 1. The maximum atomic E-state index is 13.6. The summed E-state index contributed by atoms with van der Waals surface area (Å²) in [6.45, 7) is 3.01. The number of anilines is 1. The average Bonchev–Trinajstić information content (AvgIpc) is 3.39. The van der Waals surface area contributed by atoms with Crippen LogP contribution in [0.1, 0.15) is 34.0 Å². The molecule has 0 saturated heterocycles. The molecule has 3 aliphatic rings. The average molecular weight is 499 g/mol. The lowest BCUT2D eigenvalue weighted by Crippen LogP contribution is -2.26. The van der Waals surface area contributed by atoms with Crippen LogP contribution in [0.4, 0.5) is 5.69 Å². The van der Waals surface area contributed by atoms with Crippen molar-refractivity contribution in [1.29, 1.82) is 0 Å². The van der Waals surface area contributed by atoms with E-state index in [1.165, 1.54) is 0 Å². The van der Waals surface area contributed by atoms with Crippen LogP contribution in [0.2, 0.25) is 0 Å². The topological polar surface area (TPSA) is 68.3 Å². The Morgan fingerprint density at radius 1 is 1.12 bits per heavy atom. The number of carbonyl (C=O) groups is 2. The minimum atomic E-state index is -0.0692. The van der Waals surface area contributed by atoms with Crippen LogP contribution in [0, 0.1) is 0 Å². The summed E-state index contributed by atoms with van der Waals surface area (Å²) < 4.78 is 17.8. The Labute approximate surface area is 194 Å². The molecule has 7 nitrogen and oxygen atoms in total. The minimum absolute atomic E-state index is 0.0158. The van der Waals surface area contributed by atoms with E-state index in [1.807, 2.05) is 30.2 Å². The quantitative estimate of drug-likeness (QED) is 0.599. The summed E-state index contributed by atoms with van der Waals surface area (Å²) >= 11 is 3.66. The number of rotatable bonds is 3. The Morgan fingerprint density at radius 2 is 1.91 bits per heavy atom. The first-order valence-corrected chi connectivity index (χ1v) is 11.3. The molecule has 0 saturated carbocycles. The van der Waals surface area contributed by atoms with Crippen molar-refractivity contribution in [3.05, 3.63) is 50.6 Å². The third-order valence-electron chi connectivity index (χ3n) is 6.30. The molecule has 8 heteroatoms. The van der Waals surface area contributed by atoms with E-state index in [4.69, 9.17) is 14.2 Å². The Bertz CT molecular complexity index is 1190. The molecule has 2 aromatic rings. The molecule has 166 valence electrons. The zero-order valence-corrected chi connectivity index (χ0v) is 19.7. The molecular weight excluding hydrogens is 476 g/mol. The molecule has 0 N–H and O–H groups in total. The van der Waals surface area contributed by atoms with E-state index in [9.17, 15) is 9.59 Å². The molecular formula is C24H23BrN2O5. The number of allylic oxidation sites excluding steroid dienone is 1. The van der Waals surface area contributed by atoms with Crippen LogP contribution in [0.25, 0.3) is 6.08 Å². The van der Waals surface area contributed by atoms with Gasteiger partial charge in [0.1, 0.15) is 0 Å². The van der Waals surface area contributed by atoms with Gasteiger partial charge in [0.25, 0.3) is 0 Å². The van der Waals surface area contributed by atoms with Gasteiger partial charge in [0.2, 0.25) is 24.2 Å². The number of benzene rings is 2. The number of nitrogens with zero attached hydrogens (tertiary/aromatic N) is 2. The van der Waals surface area contributed by atoms with E-state index in [2.05, 4.69) is 15.9 Å². The number of methoxy groups -OCH3 is 1. The van der Waals surface area contributed by atoms with Gasteiger partial charge in [-0.15, -0.1) is 0 Å². The van der Waals surface area contributed by atoms with Crippen molar-refractivity contribution < 1.29 is 23.8 Å². The maximum absolute atomic E-state index is 13.6. The van der Waals surface area contributed by atoms with Crippen LogP contribution < -0.4 is 19.1 Å². The SMILES string of the molecule is COc1c2c(c(Br)c3c1OCO3)CCN(C)C(C(=O)c1ccc3c(c1)CCN3C(C)=O)=C2. The normalized spacial score (nSPS) is 16.3. The molecule has 0 aromatic heterocycles. The van der Waals surface area contributed by atoms with Gasteiger partial charge in [-0.3, -0.25) is 9.59 Å². The summed E-state index contributed by atoms with van der Waals surface area (Å²) in [5.41, 5.74) is 4.93. The van der Waals surface area contributed by atoms with Crippen LogP contribution in [-0.2, 0) is 17.6 Å². The van der Waals surface area contributed by atoms with Gasteiger partial charge in [0.15, 0.2) is 11.5 Å². The summed E-state index contributed by atoms with van der Waals surface area (Å²) in [6, 6.07) is 5.58. The lowest BCUT2D eigenvalue weighted by atomic mass is 9.99. The molecule has 2 aromatic carbocycles. The van der Waals surface area contributed by atoms with Crippen molar-refractivity contribution in [2.45, 2.75) is 19.8 Å². The van der Waals surface area contributed by atoms with Crippen molar-refractivity contribution >= 4 is 39.4 Å². The summed E-state index contributed by atoms with van der Waals surface area (Å²) in [5.74, 6) is 1.71. The van der Waals surface area contributed by atoms with Crippen molar-refractivity contribution in [2.24, 2.45) is 0 Å². The van der Waals surface area contributed by atoms with Crippen molar-refractivity contribution in [3.63, 3.8) is 0 Å². The summed E-state index contributed by atoms with van der Waals surface area (Å²) in [5, 5.41) is 0. The number of Topliss-reactive ketones (excluding diaryl/α,β-unsaturated/α-hetero) is 1. The van der Waals surface area contributed by atoms with E-state index < -0.39 is 0 Å². The van der Waals surface area contributed by atoms with Crippen LogP contribution >= 0.6 is 15.9 Å². The first-order valence-electron chi connectivity index (χ1n) is 10.5. The van der Waals surface area contributed by atoms with Gasteiger partial charge < -0.3 is 24.0 Å². The largest absolute Gasteiger partial charge is 0.492 e. The lowest BCUT2D eigenvalue weighted by molar-refractivity contribution is -0.116. The van der Waals surface area contributed by atoms with Gasteiger partial charge in [0.05, 0.1) is 17.3 Å². The number of hydrogen-bond acceptors (Lipinski definition) is 6. The molecule has 0 bridgehead atoms. The minimum Gasteiger partial charge on any atom is -0.492 e. The number of ketones is 1. The summed E-state index contributed by atoms with van der Waals surface area (Å²) in [6.07, 6.45) is 3.34. The van der Waals surface area contributed by atoms with Gasteiger partial charge in [-0.2, -0.15) is 0 Å². The number of hydrogen-bond donors (Lipinski definition) is 0. The molecule has 3 heterocycles. The highest BCUT2D eigenvalue weighted by Gasteiger charge is 2.32. The number of fused-ring (bicyclic) bond motifs is 3. The predicted molar refractivity (Wildman–Crippen MR) is 124 cm³/mol. The van der Waals surface area contributed by atoms with Crippen molar-refractivity contribution in [2.75, 3.05) is 38.9 Å². The highest BCUT2D eigenvalue weighted by Crippen LogP contribution is 2.51. The lowest BCUT2D eigenvalue weighted by Gasteiger charge is -2.20. The van der Waals surface area contributed by atoms with E-state index in [0.29, 0.717) is 48.0 Å².